The van der Waals surface area contributed by atoms with E-state index in [4.69, 9.17) is 10.00 Å². The van der Waals surface area contributed by atoms with E-state index in [2.05, 4.69) is 45.6 Å². The topological polar surface area (TPSA) is 73.9 Å². The number of imidazole rings is 1. The molecule has 1 aliphatic heterocycles. The Balaban J connectivity index is 1.32. The second kappa shape index (κ2) is 8.56. The molecule has 0 N–H and O–H groups in total. The van der Waals surface area contributed by atoms with Crippen LogP contribution >= 0.6 is 0 Å². The number of ether oxygens (including phenoxy) is 1. The highest BCUT2D eigenvalue weighted by molar-refractivity contribution is 5.78. The summed E-state index contributed by atoms with van der Waals surface area (Å²) in [5, 5.41) is 9.13. The number of aromatic nitrogens is 2. The van der Waals surface area contributed by atoms with Crippen LogP contribution in [0.15, 0.2) is 42.6 Å². The first-order valence-electron chi connectivity index (χ1n) is 10.1. The average molecular weight is 403 g/mol. The molecule has 7 nitrogen and oxygen atoms in total. The molecule has 1 amide bonds. The Bertz CT molecular complexity index is 1110. The highest BCUT2D eigenvalue weighted by Crippen LogP contribution is 2.18. The molecule has 1 aromatic carbocycles. The minimum atomic E-state index is -0.0520. The Morgan fingerprint density at radius 2 is 1.93 bits per heavy atom. The van der Waals surface area contributed by atoms with Crippen LogP contribution in [0, 0.1) is 25.2 Å². The van der Waals surface area contributed by atoms with Gasteiger partial charge in [0.15, 0.2) is 6.61 Å². The first-order chi connectivity index (χ1) is 14.5. The van der Waals surface area contributed by atoms with Crippen molar-refractivity contribution >= 4 is 11.6 Å². The van der Waals surface area contributed by atoms with Crippen molar-refractivity contribution in [3.05, 3.63) is 65.1 Å². The Kier molecular flexibility index (Phi) is 5.68. The molecule has 3 heterocycles. The van der Waals surface area contributed by atoms with Crippen molar-refractivity contribution in [2.75, 3.05) is 32.8 Å². The molecule has 154 valence electrons. The number of aryl methyl sites for hydroxylation is 2. The van der Waals surface area contributed by atoms with Crippen molar-refractivity contribution in [3.8, 4) is 11.8 Å². The van der Waals surface area contributed by atoms with Crippen LogP contribution in [0.2, 0.25) is 0 Å². The zero-order valence-corrected chi connectivity index (χ0v) is 17.3. The van der Waals surface area contributed by atoms with Crippen LogP contribution in [0.3, 0.4) is 0 Å². The maximum Gasteiger partial charge on any atom is 0.260 e. The summed E-state index contributed by atoms with van der Waals surface area (Å²) in [5.41, 5.74) is 4.86. The predicted molar refractivity (Wildman–Crippen MR) is 113 cm³/mol. The van der Waals surface area contributed by atoms with E-state index in [0.29, 0.717) is 24.4 Å². The molecule has 1 aliphatic rings. The van der Waals surface area contributed by atoms with Crippen LogP contribution < -0.4 is 4.74 Å². The maximum atomic E-state index is 12.5. The summed E-state index contributed by atoms with van der Waals surface area (Å²) in [6.07, 6.45) is 2.08. The lowest BCUT2D eigenvalue weighted by Gasteiger charge is -2.34. The molecule has 0 unspecified atom stereocenters. The Hall–Kier alpha value is -3.37. The number of fused-ring (bicyclic) bond motifs is 1. The van der Waals surface area contributed by atoms with Gasteiger partial charge in [0, 0.05) is 38.9 Å². The number of para-hydroxylation sites is 1. The summed E-state index contributed by atoms with van der Waals surface area (Å²) in [6.45, 7) is 7.82. The van der Waals surface area contributed by atoms with Gasteiger partial charge in [-0.05, 0) is 43.7 Å². The number of hydrogen-bond donors (Lipinski definition) is 0. The Morgan fingerprint density at radius 3 is 2.70 bits per heavy atom. The number of pyridine rings is 1. The fourth-order valence-electron chi connectivity index (χ4n) is 3.79. The summed E-state index contributed by atoms with van der Waals surface area (Å²) < 4.78 is 7.74. The van der Waals surface area contributed by atoms with Crippen LogP contribution in [0.5, 0.6) is 5.75 Å². The summed E-state index contributed by atoms with van der Waals surface area (Å²) >= 11 is 0. The SMILES string of the molecule is Cc1ccn2c(CN3CCN(C(=O)COc4ccccc4C#N)CC3)c(C)nc2c1. The van der Waals surface area contributed by atoms with E-state index >= 15 is 0 Å². The molecule has 0 aliphatic carbocycles. The third-order valence-corrected chi connectivity index (χ3v) is 5.54. The molecule has 0 bridgehead atoms. The number of benzene rings is 1. The quantitative estimate of drug-likeness (QED) is 0.655. The van der Waals surface area contributed by atoms with Crippen molar-refractivity contribution in [2.24, 2.45) is 0 Å². The van der Waals surface area contributed by atoms with Crippen LogP contribution in [0.1, 0.15) is 22.5 Å². The molecule has 3 aromatic rings. The summed E-state index contributed by atoms with van der Waals surface area (Å²) in [4.78, 5) is 21.4. The molecule has 0 spiro atoms. The van der Waals surface area contributed by atoms with Crippen molar-refractivity contribution in [3.63, 3.8) is 0 Å². The third-order valence-electron chi connectivity index (χ3n) is 5.54. The molecule has 7 heteroatoms. The Morgan fingerprint density at radius 1 is 1.17 bits per heavy atom. The predicted octanol–water partition coefficient (Wildman–Crippen LogP) is 2.55. The molecule has 1 fully saturated rings. The monoisotopic (exact) mass is 403 g/mol. The van der Waals surface area contributed by atoms with Gasteiger partial charge in [0.1, 0.15) is 17.5 Å². The standard InChI is InChI=1S/C23H25N5O2/c1-17-7-8-28-20(18(2)25-22(28)13-17)15-26-9-11-27(12-10-26)23(29)16-30-21-6-4-3-5-19(21)14-24/h3-8,13H,9-12,15-16H2,1-2H3. The van der Waals surface area contributed by atoms with E-state index in [1.807, 2.05) is 11.8 Å². The van der Waals surface area contributed by atoms with Crippen LogP contribution in [-0.2, 0) is 11.3 Å². The second-order valence-electron chi connectivity index (χ2n) is 7.63. The number of rotatable bonds is 5. The van der Waals surface area contributed by atoms with Gasteiger partial charge in [-0.3, -0.25) is 9.69 Å². The van der Waals surface area contributed by atoms with Gasteiger partial charge in [-0.15, -0.1) is 0 Å². The molecular weight excluding hydrogens is 378 g/mol. The van der Waals surface area contributed by atoms with Gasteiger partial charge in [0.2, 0.25) is 0 Å². The lowest BCUT2D eigenvalue weighted by molar-refractivity contribution is -0.135. The molecule has 0 saturated carbocycles. The molecule has 4 rings (SSSR count). The van der Waals surface area contributed by atoms with Gasteiger partial charge < -0.3 is 14.0 Å². The summed E-state index contributed by atoms with van der Waals surface area (Å²) in [7, 11) is 0. The zero-order valence-electron chi connectivity index (χ0n) is 17.3. The smallest absolute Gasteiger partial charge is 0.260 e. The normalized spacial score (nSPS) is 14.6. The van der Waals surface area contributed by atoms with Gasteiger partial charge in [0.05, 0.1) is 17.0 Å². The zero-order chi connectivity index (χ0) is 21.1. The number of nitrogens with zero attached hydrogens (tertiary/aromatic N) is 5. The fourth-order valence-corrected chi connectivity index (χ4v) is 3.79. The van der Waals surface area contributed by atoms with Crippen molar-refractivity contribution < 1.29 is 9.53 Å². The van der Waals surface area contributed by atoms with Crippen LogP contribution in [0.4, 0.5) is 0 Å². The van der Waals surface area contributed by atoms with E-state index in [1.165, 1.54) is 11.3 Å². The number of carbonyl (C=O) groups is 1. The molecule has 1 saturated heterocycles. The molecule has 0 radical (unpaired) electrons. The first-order valence-corrected chi connectivity index (χ1v) is 10.1. The lowest BCUT2D eigenvalue weighted by atomic mass is 10.2. The summed E-state index contributed by atoms with van der Waals surface area (Å²) in [5.74, 6) is 0.397. The van der Waals surface area contributed by atoms with Crippen molar-refractivity contribution in [1.82, 2.24) is 19.2 Å². The van der Waals surface area contributed by atoms with E-state index in [9.17, 15) is 4.79 Å². The fraction of sp³-hybridized carbons (Fsp3) is 0.348. The van der Waals surface area contributed by atoms with E-state index < -0.39 is 0 Å². The molecule has 0 atom stereocenters. The van der Waals surface area contributed by atoms with E-state index in [-0.39, 0.29) is 12.5 Å². The molecule has 2 aromatic heterocycles. The second-order valence-corrected chi connectivity index (χ2v) is 7.63. The van der Waals surface area contributed by atoms with Gasteiger partial charge in [-0.1, -0.05) is 12.1 Å². The van der Waals surface area contributed by atoms with Gasteiger partial charge in [0.25, 0.3) is 5.91 Å². The minimum Gasteiger partial charge on any atom is -0.482 e. The lowest BCUT2D eigenvalue weighted by Crippen LogP contribution is -2.49. The number of carbonyl (C=O) groups excluding carboxylic acids is 1. The van der Waals surface area contributed by atoms with Gasteiger partial charge in [-0.25, -0.2) is 4.98 Å². The first kappa shape index (κ1) is 19.9. The van der Waals surface area contributed by atoms with Crippen molar-refractivity contribution in [2.45, 2.75) is 20.4 Å². The number of nitriles is 1. The van der Waals surface area contributed by atoms with Crippen LogP contribution in [-0.4, -0.2) is 57.9 Å². The largest absolute Gasteiger partial charge is 0.482 e. The summed E-state index contributed by atoms with van der Waals surface area (Å²) in [6, 6.07) is 13.2. The number of piperazine rings is 1. The third kappa shape index (κ3) is 4.14. The van der Waals surface area contributed by atoms with Crippen molar-refractivity contribution in [1.29, 1.82) is 5.26 Å². The van der Waals surface area contributed by atoms with Gasteiger partial charge in [-0.2, -0.15) is 5.26 Å². The number of amides is 1. The van der Waals surface area contributed by atoms with E-state index in [1.54, 1.807) is 24.3 Å². The highest BCUT2D eigenvalue weighted by Gasteiger charge is 2.23. The number of hydrogen-bond acceptors (Lipinski definition) is 5. The molecule has 30 heavy (non-hydrogen) atoms. The minimum absolute atomic E-state index is 0.0512. The average Bonchev–Trinajstić information content (AvgIpc) is 3.06. The highest BCUT2D eigenvalue weighted by atomic mass is 16.5. The molecular formula is C23H25N5O2. The maximum absolute atomic E-state index is 12.5. The van der Waals surface area contributed by atoms with E-state index in [0.717, 1.165) is 31.0 Å². The van der Waals surface area contributed by atoms with Gasteiger partial charge >= 0.3 is 0 Å². The Labute approximate surface area is 176 Å². The van der Waals surface area contributed by atoms with Crippen LogP contribution in [0.25, 0.3) is 5.65 Å².